The van der Waals surface area contributed by atoms with Gasteiger partial charge in [0, 0.05) is 12.7 Å². The average molecular weight is 306 g/mol. The molecule has 0 spiro atoms. The van der Waals surface area contributed by atoms with Crippen LogP contribution in [-0.4, -0.2) is 20.1 Å². The summed E-state index contributed by atoms with van der Waals surface area (Å²) >= 11 is 6.25. The van der Waals surface area contributed by atoms with E-state index in [0.717, 1.165) is 5.69 Å². The molecule has 0 aliphatic carbocycles. The van der Waals surface area contributed by atoms with Crippen LogP contribution in [0.3, 0.4) is 0 Å². The Morgan fingerprint density at radius 1 is 1.29 bits per heavy atom. The van der Waals surface area contributed by atoms with Crippen molar-refractivity contribution in [2.75, 3.05) is 24.8 Å². The molecule has 1 amide bonds. The van der Waals surface area contributed by atoms with Crippen molar-refractivity contribution in [1.82, 2.24) is 0 Å². The zero-order chi connectivity index (χ0) is 15.6. The number of hydrogen-bond acceptors (Lipinski definition) is 4. The number of methoxy groups -OCH3 is 1. The molecule has 0 unspecified atom stereocenters. The summed E-state index contributed by atoms with van der Waals surface area (Å²) in [6, 6.07) is 10.5. The van der Waals surface area contributed by atoms with E-state index < -0.39 is 5.91 Å². The number of halogens is 1. The predicted molar refractivity (Wildman–Crippen MR) is 85.4 cm³/mol. The minimum Gasteiger partial charge on any atom is -0.495 e. The lowest BCUT2D eigenvalue weighted by molar-refractivity contribution is 0.100. The van der Waals surface area contributed by atoms with Gasteiger partial charge in [0.15, 0.2) is 0 Å². The topological polar surface area (TPSA) is 81.6 Å². The van der Waals surface area contributed by atoms with Gasteiger partial charge in [0.1, 0.15) is 5.75 Å². The molecular weight excluding hydrogens is 290 g/mol. The fourth-order valence-electron chi connectivity index (χ4n) is 2.18. The number of ether oxygens (including phenoxy) is 1. The smallest absolute Gasteiger partial charge is 0.250 e. The Kier molecular flexibility index (Phi) is 4.23. The maximum atomic E-state index is 11.7. The molecule has 0 heterocycles. The first-order valence-electron chi connectivity index (χ1n) is 6.21. The predicted octanol–water partition coefficient (Wildman–Crippen LogP) is 2.80. The van der Waals surface area contributed by atoms with Crippen LogP contribution in [0.25, 0.3) is 0 Å². The SMILES string of the molecule is COc1ccccc1N(C)c1c(Cl)cc(N)cc1C(N)=O. The van der Waals surface area contributed by atoms with E-state index in [4.69, 9.17) is 27.8 Å². The van der Waals surface area contributed by atoms with Crippen molar-refractivity contribution < 1.29 is 9.53 Å². The maximum Gasteiger partial charge on any atom is 0.250 e. The number of carbonyl (C=O) groups is 1. The largest absolute Gasteiger partial charge is 0.495 e. The first kappa shape index (κ1) is 15.0. The van der Waals surface area contributed by atoms with Gasteiger partial charge >= 0.3 is 0 Å². The number of nitrogens with two attached hydrogens (primary N) is 2. The highest BCUT2D eigenvalue weighted by Gasteiger charge is 2.20. The summed E-state index contributed by atoms with van der Waals surface area (Å²) in [5.41, 5.74) is 13.0. The second kappa shape index (κ2) is 5.93. The van der Waals surface area contributed by atoms with Gasteiger partial charge in [-0.15, -0.1) is 0 Å². The summed E-state index contributed by atoms with van der Waals surface area (Å²) < 4.78 is 5.33. The summed E-state index contributed by atoms with van der Waals surface area (Å²) in [6.45, 7) is 0. The fraction of sp³-hybridized carbons (Fsp3) is 0.133. The molecule has 0 aliphatic rings. The number of benzene rings is 2. The van der Waals surface area contributed by atoms with Crippen molar-refractivity contribution in [3.63, 3.8) is 0 Å². The molecule has 5 nitrogen and oxygen atoms in total. The number of rotatable bonds is 4. The molecule has 2 rings (SSSR count). The first-order chi connectivity index (χ1) is 9.95. The quantitative estimate of drug-likeness (QED) is 0.851. The highest BCUT2D eigenvalue weighted by molar-refractivity contribution is 6.34. The zero-order valence-electron chi connectivity index (χ0n) is 11.8. The van der Waals surface area contributed by atoms with Crippen LogP contribution in [0.4, 0.5) is 17.1 Å². The first-order valence-corrected chi connectivity index (χ1v) is 6.59. The highest BCUT2D eigenvalue weighted by Crippen LogP contribution is 2.39. The van der Waals surface area contributed by atoms with Gasteiger partial charge in [0.05, 0.1) is 29.1 Å². The molecule has 0 bridgehead atoms. The Bertz CT molecular complexity index is 689. The minimum absolute atomic E-state index is 0.258. The van der Waals surface area contributed by atoms with Gasteiger partial charge in [-0.05, 0) is 24.3 Å². The Balaban J connectivity index is 2.63. The van der Waals surface area contributed by atoms with E-state index in [0.29, 0.717) is 22.1 Å². The Morgan fingerprint density at radius 3 is 2.57 bits per heavy atom. The molecular formula is C15H16ClN3O2. The van der Waals surface area contributed by atoms with Gasteiger partial charge in [-0.25, -0.2) is 0 Å². The molecule has 0 fully saturated rings. The molecule has 0 radical (unpaired) electrons. The Morgan fingerprint density at radius 2 is 1.95 bits per heavy atom. The van der Waals surface area contributed by atoms with Crippen LogP contribution >= 0.6 is 11.6 Å². The molecule has 110 valence electrons. The molecule has 0 aromatic heterocycles. The van der Waals surface area contributed by atoms with E-state index in [1.807, 2.05) is 24.3 Å². The van der Waals surface area contributed by atoms with Gasteiger partial charge in [-0.2, -0.15) is 0 Å². The number of nitrogens with zero attached hydrogens (tertiary/aromatic N) is 1. The molecule has 2 aromatic carbocycles. The second-order valence-electron chi connectivity index (χ2n) is 4.49. The summed E-state index contributed by atoms with van der Waals surface area (Å²) in [7, 11) is 3.36. The fourth-order valence-corrected chi connectivity index (χ4v) is 2.53. The van der Waals surface area contributed by atoms with Gasteiger partial charge in [-0.3, -0.25) is 4.79 Å². The third-order valence-electron chi connectivity index (χ3n) is 3.13. The van der Waals surface area contributed by atoms with Crippen LogP contribution in [0.5, 0.6) is 5.75 Å². The van der Waals surface area contributed by atoms with Crippen molar-refractivity contribution in [3.05, 3.63) is 47.0 Å². The summed E-state index contributed by atoms with van der Waals surface area (Å²) in [4.78, 5) is 13.4. The minimum atomic E-state index is -0.596. The summed E-state index contributed by atoms with van der Waals surface area (Å²) in [5.74, 6) is 0.0595. The van der Waals surface area contributed by atoms with E-state index in [9.17, 15) is 4.79 Å². The van der Waals surface area contributed by atoms with Crippen LogP contribution in [-0.2, 0) is 0 Å². The van der Waals surface area contributed by atoms with Crippen LogP contribution in [0.15, 0.2) is 36.4 Å². The molecule has 21 heavy (non-hydrogen) atoms. The Labute approximate surface area is 128 Å². The number of para-hydroxylation sites is 2. The molecule has 2 aromatic rings. The highest BCUT2D eigenvalue weighted by atomic mass is 35.5. The van der Waals surface area contributed by atoms with Crippen molar-refractivity contribution in [1.29, 1.82) is 0 Å². The lowest BCUT2D eigenvalue weighted by Crippen LogP contribution is -2.19. The van der Waals surface area contributed by atoms with Crippen molar-refractivity contribution in [2.24, 2.45) is 5.73 Å². The van der Waals surface area contributed by atoms with Crippen LogP contribution in [0.1, 0.15) is 10.4 Å². The van der Waals surface area contributed by atoms with Gasteiger partial charge in [0.2, 0.25) is 0 Å². The second-order valence-corrected chi connectivity index (χ2v) is 4.90. The molecule has 4 N–H and O–H groups in total. The molecule has 6 heteroatoms. The number of amides is 1. The number of nitrogen functional groups attached to an aromatic ring is 1. The van der Waals surface area contributed by atoms with Crippen molar-refractivity contribution >= 4 is 34.6 Å². The van der Waals surface area contributed by atoms with Gasteiger partial charge in [-0.1, -0.05) is 23.7 Å². The van der Waals surface area contributed by atoms with Crippen LogP contribution in [0, 0.1) is 0 Å². The summed E-state index contributed by atoms with van der Waals surface area (Å²) in [5, 5.41) is 0.345. The van der Waals surface area contributed by atoms with E-state index >= 15 is 0 Å². The van der Waals surface area contributed by atoms with Crippen LogP contribution in [0.2, 0.25) is 5.02 Å². The number of primary amides is 1. The molecule has 0 saturated carbocycles. The lowest BCUT2D eigenvalue weighted by Gasteiger charge is -2.25. The molecule has 0 saturated heterocycles. The third-order valence-corrected chi connectivity index (χ3v) is 3.42. The standard InChI is InChI=1S/C15H16ClN3O2/c1-19(12-5-3-4-6-13(12)21-2)14-10(15(18)20)7-9(17)8-11(14)16/h3-8H,17H2,1-2H3,(H2,18,20). The number of carbonyl (C=O) groups excluding carboxylic acids is 1. The van der Waals surface area contributed by atoms with Gasteiger partial charge < -0.3 is 21.1 Å². The number of anilines is 3. The zero-order valence-corrected chi connectivity index (χ0v) is 12.5. The Hall–Kier alpha value is -2.40. The van der Waals surface area contributed by atoms with E-state index in [1.165, 1.54) is 6.07 Å². The van der Waals surface area contributed by atoms with Gasteiger partial charge in [0.25, 0.3) is 5.91 Å². The lowest BCUT2D eigenvalue weighted by atomic mass is 10.1. The van der Waals surface area contributed by atoms with E-state index in [2.05, 4.69) is 0 Å². The van der Waals surface area contributed by atoms with Crippen molar-refractivity contribution in [2.45, 2.75) is 0 Å². The average Bonchev–Trinajstić information content (AvgIpc) is 2.45. The monoisotopic (exact) mass is 305 g/mol. The van der Waals surface area contributed by atoms with E-state index in [1.54, 1.807) is 25.1 Å². The van der Waals surface area contributed by atoms with Crippen molar-refractivity contribution in [3.8, 4) is 5.75 Å². The number of hydrogen-bond donors (Lipinski definition) is 2. The molecule has 0 aliphatic heterocycles. The van der Waals surface area contributed by atoms with E-state index in [-0.39, 0.29) is 5.56 Å². The third kappa shape index (κ3) is 2.87. The molecule has 0 atom stereocenters. The maximum absolute atomic E-state index is 11.7. The van der Waals surface area contributed by atoms with Crippen LogP contribution < -0.4 is 21.1 Å². The summed E-state index contributed by atoms with van der Waals surface area (Å²) in [6.07, 6.45) is 0. The normalized spacial score (nSPS) is 10.2.